The minimum Gasteiger partial charge on any atom is -0.481 e. The third-order valence-electron chi connectivity index (χ3n) is 2.51. The molecule has 0 saturated carbocycles. The van der Waals surface area contributed by atoms with E-state index in [1.165, 1.54) is 0 Å². The number of rotatable bonds is 3. The highest BCUT2D eigenvalue weighted by Gasteiger charge is 2.32. The Morgan fingerprint density at radius 3 is 2.57 bits per heavy atom. The van der Waals surface area contributed by atoms with Crippen LogP contribution in [0.5, 0.6) is 0 Å². The number of aromatic nitrogens is 2. The SMILES string of the molecule is CCc1cc(C(C)(C)C(=O)O)nn1C. The summed E-state index contributed by atoms with van der Waals surface area (Å²) in [6.45, 7) is 5.35. The molecule has 0 fully saturated rings. The quantitative estimate of drug-likeness (QED) is 0.793. The monoisotopic (exact) mass is 196 g/mol. The van der Waals surface area contributed by atoms with Crippen molar-refractivity contribution in [1.82, 2.24) is 9.78 Å². The largest absolute Gasteiger partial charge is 0.481 e. The molecular weight excluding hydrogens is 180 g/mol. The van der Waals surface area contributed by atoms with Crippen LogP contribution in [0.25, 0.3) is 0 Å². The summed E-state index contributed by atoms with van der Waals surface area (Å²) in [6.07, 6.45) is 0.860. The molecule has 1 N–H and O–H groups in total. The second-order valence-corrected chi connectivity index (χ2v) is 3.93. The molecule has 0 bridgehead atoms. The zero-order chi connectivity index (χ0) is 10.9. The van der Waals surface area contributed by atoms with Gasteiger partial charge in [0.05, 0.1) is 5.69 Å². The number of carbonyl (C=O) groups is 1. The van der Waals surface area contributed by atoms with E-state index in [0.29, 0.717) is 5.69 Å². The lowest BCUT2D eigenvalue weighted by atomic mass is 9.89. The van der Waals surface area contributed by atoms with Crippen molar-refractivity contribution in [2.45, 2.75) is 32.6 Å². The Labute approximate surface area is 83.5 Å². The molecule has 78 valence electrons. The molecule has 0 aliphatic carbocycles. The van der Waals surface area contributed by atoms with Crippen molar-refractivity contribution in [1.29, 1.82) is 0 Å². The molecule has 4 nitrogen and oxygen atoms in total. The molecule has 0 unspecified atom stereocenters. The number of nitrogens with zero attached hydrogens (tertiary/aromatic N) is 2. The number of hydrogen-bond donors (Lipinski definition) is 1. The molecule has 0 aromatic carbocycles. The van der Waals surface area contributed by atoms with Crippen molar-refractivity contribution in [2.24, 2.45) is 7.05 Å². The zero-order valence-corrected chi connectivity index (χ0v) is 9.03. The Hall–Kier alpha value is -1.32. The highest BCUT2D eigenvalue weighted by molar-refractivity contribution is 5.79. The summed E-state index contributed by atoms with van der Waals surface area (Å²) < 4.78 is 1.74. The van der Waals surface area contributed by atoms with Gasteiger partial charge in [0.15, 0.2) is 0 Å². The summed E-state index contributed by atoms with van der Waals surface area (Å²) in [5.74, 6) is -0.849. The van der Waals surface area contributed by atoms with Gasteiger partial charge in [-0.2, -0.15) is 5.10 Å². The Bertz CT molecular complexity index is 353. The van der Waals surface area contributed by atoms with Crippen molar-refractivity contribution < 1.29 is 9.90 Å². The lowest BCUT2D eigenvalue weighted by Crippen LogP contribution is -2.29. The van der Waals surface area contributed by atoms with E-state index in [2.05, 4.69) is 5.10 Å². The molecule has 4 heteroatoms. The predicted octanol–water partition coefficient (Wildman–Crippen LogP) is 1.34. The van der Waals surface area contributed by atoms with E-state index in [1.54, 1.807) is 18.5 Å². The molecule has 14 heavy (non-hydrogen) atoms. The van der Waals surface area contributed by atoms with Crippen LogP contribution in [0.2, 0.25) is 0 Å². The minimum atomic E-state index is -0.912. The van der Waals surface area contributed by atoms with Gasteiger partial charge >= 0.3 is 5.97 Å². The third-order valence-corrected chi connectivity index (χ3v) is 2.51. The van der Waals surface area contributed by atoms with Gasteiger partial charge in [-0.3, -0.25) is 9.48 Å². The maximum absolute atomic E-state index is 11.0. The number of aryl methyl sites for hydroxylation is 2. The smallest absolute Gasteiger partial charge is 0.315 e. The van der Waals surface area contributed by atoms with Gasteiger partial charge in [0.2, 0.25) is 0 Å². The first kappa shape index (κ1) is 10.8. The topological polar surface area (TPSA) is 55.1 Å². The van der Waals surface area contributed by atoms with Gasteiger partial charge in [0.25, 0.3) is 0 Å². The van der Waals surface area contributed by atoms with E-state index in [-0.39, 0.29) is 0 Å². The van der Waals surface area contributed by atoms with Gasteiger partial charge in [-0.05, 0) is 26.3 Å². The van der Waals surface area contributed by atoms with Crippen LogP contribution in [0, 0.1) is 0 Å². The van der Waals surface area contributed by atoms with Crippen LogP contribution in [-0.2, 0) is 23.7 Å². The van der Waals surface area contributed by atoms with Crippen LogP contribution < -0.4 is 0 Å². The average molecular weight is 196 g/mol. The zero-order valence-electron chi connectivity index (χ0n) is 9.03. The van der Waals surface area contributed by atoms with E-state index in [9.17, 15) is 4.79 Å². The molecular formula is C10H16N2O2. The van der Waals surface area contributed by atoms with E-state index in [0.717, 1.165) is 12.1 Å². The second-order valence-electron chi connectivity index (χ2n) is 3.93. The Kier molecular flexibility index (Phi) is 2.64. The van der Waals surface area contributed by atoms with Crippen molar-refractivity contribution in [3.63, 3.8) is 0 Å². The van der Waals surface area contributed by atoms with Crippen molar-refractivity contribution in [3.05, 3.63) is 17.5 Å². The van der Waals surface area contributed by atoms with Crippen LogP contribution in [0.3, 0.4) is 0 Å². The first-order chi connectivity index (χ1) is 6.39. The van der Waals surface area contributed by atoms with Gasteiger partial charge in [-0.15, -0.1) is 0 Å². The molecule has 0 saturated heterocycles. The molecule has 0 spiro atoms. The number of carboxylic acids is 1. The van der Waals surface area contributed by atoms with E-state index >= 15 is 0 Å². The fourth-order valence-corrected chi connectivity index (χ4v) is 1.25. The molecule has 0 aliphatic rings. The minimum absolute atomic E-state index is 0.615. The first-order valence-corrected chi connectivity index (χ1v) is 4.66. The summed E-state index contributed by atoms with van der Waals surface area (Å²) in [5.41, 5.74) is 0.754. The second kappa shape index (κ2) is 3.44. The fourth-order valence-electron chi connectivity index (χ4n) is 1.25. The van der Waals surface area contributed by atoms with Crippen LogP contribution in [0.15, 0.2) is 6.07 Å². The summed E-state index contributed by atoms with van der Waals surface area (Å²) in [7, 11) is 1.83. The molecule has 1 aromatic heterocycles. The van der Waals surface area contributed by atoms with Crippen molar-refractivity contribution in [3.8, 4) is 0 Å². The van der Waals surface area contributed by atoms with Gasteiger partial charge in [0.1, 0.15) is 5.41 Å². The first-order valence-electron chi connectivity index (χ1n) is 4.66. The molecule has 1 heterocycles. The molecule has 0 amide bonds. The highest BCUT2D eigenvalue weighted by atomic mass is 16.4. The standard InChI is InChI=1S/C10H16N2O2/c1-5-7-6-8(11-12(7)4)10(2,3)9(13)14/h6H,5H2,1-4H3,(H,13,14). The Morgan fingerprint density at radius 1 is 1.64 bits per heavy atom. The number of aliphatic carboxylic acids is 1. The summed E-state index contributed by atoms with van der Waals surface area (Å²) in [4.78, 5) is 11.0. The molecule has 0 radical (unpaired) electrons. The van der Waals surface area contributed by atoms with Crippen molar-refractivity contribution in [2.75, 3.05) is 0 Å². The lowest BCUT2D eigenvalue weighted by molar-refractivity contribution is -0.142. The lowest BCUT2D eigenvalue weighted by Gasteiger charge is -2.15. The van der Waals surface area contributed by atoms with Gasteiger partial charge in [-0.1, -0.05) is 6.92 Å². The Balaban J connectivity index is 3.14. The van der Waals surface area contributed by atoms with Crippen molar-refractivity contribution >= 4 is 5.97 Å². The molecule has 1 aromatic rings. The van der Waals surface area contributed by atoms with E-state index < -0.39 is 11.4 Å². The molecule has 0 aliphatic heterocycles. The van der Waals surface area contributed by atoms with Gasteiger partial charge in [0, 0.05) is 12.7 Å². The summed E-state index contributed by atoms with van der Waals surface area (Å²) in [6, 6.07) is 1.86. The maximum Gasteiger partial charge on any atom is 0.315 e. The van der Waals surface area contributed by atoms with Crippen LogP contribution in [0.1, 0.15) is 32.2 Å². The highest BCUT2D eigenvalue weighted by Crippen LogP contribution is 2.22. The maximum atomic E-state index is 11.0. The average Bonchev–Trinajstić information content (AvgIpc) is 2.47. The molecule has 0 atom stereocenters. The predicted molar refractivity (Wildman–Crippen MR) is 53.2 cm³/mol. The van der Waals surface area contributed by atoms with Gasteiger partial charge < -0.3 is 5.11 Å². The van der Waals surface area contributed by atoms with E-state index in [1.807, 2.05) is 20.0 Å². The van der Waals surface area contributed by atoms with Gasteiger partial charge in [-0.25, -0.2) is 0 Å². The molecule has 1 rings (SSSR count). The number of carboxylic acid groups (broad SMARTS) is 1. The van der Waals surface area contributed by atoms with Crippen LogP contribution in [-0.4, -0.2) is 20.9 Å². The Morgan fingerprint density at radius 2 is 2.21 bits per heavy atom. The summed E-state index contributed by atoms with van der Waals surface area (Å²) in [5, 5.41) is 13.2. The summed E-state index contributed by atoms with van der Waals surface area (Å²) >= 11 is 0. The third kappa shape index (κ3) is 1.64. The van der Waals surface area contributed by atoms with Crippen LogP contribution in [0.4, 0.5) is 0 Å². The fraction of sp³-hybridized carbons (Fsp3) is 0.600. The number of hydrogen-bond acceptors (Lipinski definition) is 2. The van der Waals surface area contributed by atoms with Crippen LogP contribution >= 0.6 is 0 Å². The van der Waals surface area contributed by atoms with E-state index in [4.69, 9.17) is 5.11 Å². The normalized spacial score (nSPS) is 11.7.